The van der Waals surface area contributed by atoms with Crippen molar-refractivity contribution in [1.82, 2.24) is 0 Å². The lowest BCUT2D eigenvalue weighted by Crippen LogP contribution is -1.93. The van der Waals surface area contributed by atoms with Crippen molar-refractivity contribution in [3.63, 3.8) is 0 Å². The minimum absolute atomic E-state index is 0.860. The van der Waals surface area contributed by atoms with Crippen molar-refractivity contribution < 1.29 is 8.83 Å². The van der Waals surface area contributed by atoms with Crippen LogP contribution >= 0.6 is 0 Å². The Morgan fingerprint density at radius 2 is 0.719 bits per heavy atom. The van der Waals surface area contributed by atoms with E-state index in [0.717, 1.165) is 54.8 Å². The highest BCUT2D eigenvalue weighted by Crippen LogP contribution is 2.49. The van der Waals surface area contributed by atoms with Crippen LogP contribution in [-0.2, 0) is 0 Å². The topological polar surface area (TPSA) is 26.3 Å². The first-order valence-corrected chi connectivity index (χ1v) is 22.0. The molecule has 0 radical (unpaired) electrons. The predicted octanol–water partition coefficient (Wildman–Crippen LogP) is 17.9. The van der Waals surface area contributed by atoms with Crippen LogP contribution in [0.3, 0.4) is 0 Å². The second-order valence-electron chi connectivity index (χ2n) is 17.0. The van der Waals surface area contributed by atoms with Crippen LogP contribution in [-0.4, -0.2) is 0 Å². The van der Waals surface area contributed by atoms with Crippen LogP contribution < -0.4 is 0 Å². The summed E-state index contributed by atoms with van der Waals surface area (Å²) in [5, 5.41) is 16.6. The fourth-order valence-electron chi connectivity index (χ4n) is 10.9. The average Bonchev–Trinajstić information content (AvgIpc) is 3.93. The molecule has 0 atom stereocenters. The highest BCUT2D eigenvalue weighted by Gasteiger charge is 2.23. The summed E-state index contributed by atoms with van der Waals surface area (Å²) in [6.45, 7) is 0. The van der Waals surface area contributed by atoms with Gasteiger partial charge in [-0.05, 0) is 135 Å². The molecule has 14 aromatic rings. The zero-order valence-electron chi connectivity index (χ0n) is 34.6. The van der Waals surface area contributed by atoms with E-state index in [1.807, 2.05) is 18.2 Å². The normalized spacial score (nSPS) is 12.1. The van der Waals surface area contributed by atoms with Gasteiger partial charge in [0, 0.05) is 21.5 Å². The summed E-state index contributed by atoms with van der Waals surface area (Å²) in [6.07, 6.45) is 0. The molecule has 2 nitrogen and oxygen atoms in total. The second-order valence-corrected chi connectivity index (χ2v) is 17.0. The Bertz CT molecular complexity index is 4200. The number of rotatable bonds is 4. The van der Waals surface area contributed by atoms with E-state index < -0.39 is 0 Å². The van der Waals surface area contributed by atoms with Gasteiger partial charge in [-0.25, -0.2) is 0 Å². The molecule has 0 amide bonds. The van der Waals surface area contributed by atoms with Gasteiger partial charge in [0.05, 0.1) is 0 Å². The number of para-hydroxylation sites is 1. The zero-order chi connectivity index (χ0) is 41.9. The fourth-order valence-corrected chi connectivity index (χ4v) is 10.9. The monoisotopic (exact) mass is 812 g/mol. The van der Waals surface area contributed by atoms with E-state index in [1.54, 1.807) is 0 Å². The molecule has 64 heavy (non-hydrogen) atoms. The van der Waals surface area contributed by atoms with Gasteiger partial charge in [-0.15, -0.1) is 0 Å². The minimum Gasteiger partial charge on any atom is -0.456 e. The Balaban J connectivity index is 0.990. The molecule has 0 aliphatic carbocycles. The fraction of sp³-hybridized carbons (Fsp3) is 0. The first-order valence-electron chi connectivity index (χ1n) is 22.0. The van der Waals surface area contributed by atoms with E-state index >= 15 is 0 Å². The highest BCUT2D eigenvalue weighted by atomic mass is 16.3. The van der Waals surface area contributed by atoms with E-state index in [4.69, 9.17) is 8.83 Å². The molecular weight excluding hydrogens is 777 g/mol. The van der Waals surface area contributed by atoms with Crippen molar-refractivity contribution in [1.29, 1.82) is 0 Å². The van der Waals surface area contributed by atoms with Crippen molar-refractivity contribution in [2.45, 2.75) is 0 Å². The maximum absolute atomic E-state index is 6.81. The third-order valence-electron chi connectivity index (χ3n) is 13.6. The number of hydrogen-bond acceptors (Lipinski definition) is 2. The Kier molecular flexibility index (Phi) is 7.43. The molecule has 2 heteroatoms. The maximum Gasteiger partial charge on any atom is 0.136 e. The number of benzene rings is 12. The third-order valence-corrected chi connectivity index (χ3v) is 13.6. The molecule has 0 unspecified atom stereocenters. The molecule has 0 saturated heterocycles. The first-order chi connectivity index (χ1) is 31.7. The average molecular weight is 813 g/mol. The molecule has 12 aromatic carbocycles. The van der Waals surface area contributed by atoms with Gasteiger partial charge in [-0.3, -0.25) is 0 Å². The molecule has 0 saturated carbocycles. The van der Waals surface area contributed by atoms with Crippen LogP contribution in [0.25, 0.3) is 142 Å². The van der Waals surface area contributed by atoms with Crippen molar-refractivity contribution in [2.75, 3.05) is 0 Å². The standard InChI is InChI=1S/C62H36O2/c1-2-15-38-34-40(29-28-37(38)14-1)39-16-13-17-41(35-39)58-47-22-7-9-24-49(47)59(50-25-10-8-23-48(50)58)51-31-30-45(42-18-3-4-19-43(42)51)53-36-57-60(46-21-6-5-20-44(46)53)62-56(64-57)33-32-55-61(62)52-26-11-12-27-54(52)63-55/h1-36H. The van der Waals surface area contributed by atoms with Gasteiger partial charge in [-0.1, -0.05) is 182 Å². The van der Waals surface area contributed by atoms with Crippen molar-refractivity contribution in [3.8, 4) is 44.5 Å². The van der Waals surface area contributed by atoms with Crippen molar-refractivity contribution >= 4 is 97.7 Å². The summed E-state index contributed by atoms with van der Waals surface area (Å²) in [7, 11) is 0. The summed E-state index contributed by atoms with van der Waals surface area (Å²) >= 11 is 0. The summed E-state index contributed by atoms with van der Waals surface area (Å²) < 4.78 is 13.2. The zero-order valence-corrected chi connectivity index (χ0v) is 34.6. The minimum atomic E-state index is 0.860. The van der Waals surface area contributed by atoms with Gasteiger partial charge in [0.25, 0.3) is 0 Å². The van der Waals surface area contributed by atoms with Crippen LogP contribution in [0.4, 0.5) is 0 Å². The molecule has 2 heterocycles. The lowest BCUT2D eigenvalue weighted by Gasteiger charge is -2.20. The van der Waals surface area contributed by atoms with Gasteiger partial charge >= 0.3 is 0 Å². The summed E-state index contributed by atoms with van der Waals surface area (Å²) in [4.78, 5) is 0. The van der Waals surface area contributed by atoms with E-state index in [1.165, 1.54) is 87.4 Å². The molecule has 14 rings (SSSR count). The Morgan fingerprint density at radius 3 is 1.45 bits per heavy atom. The van der Waals surface area contributed by atoms with Crippen LogP contribution in [0.2, 0.25) is 0 Å². The summed E-state index contributed by atoms with van der Waals surface area (Å²) in [5.41, 5.74) is 13.1. The van der Waals surface area contributed by atoms with Gasteiger partial charge in [0.1, 0.15) is 22.3 Å². The molecule has 0 fully saturated rings. The van der Waals surface area contributed by atoms with Crippen molar-refractivity contribution in [2.24, 2.45) is 0 Å². The predicted molar refractivity (Wildman–Crippen MR) is 270 cm³/mol. The molecule has 2 aromatic heterocycles. The van der Waals surface area contributed by atoms with Crippen LogP contribution in [0.5, 0.6) is 0 Å². The largest absolute Gasteiger partial charge is 0.456 e. The highest BCUT2D eigenvalue weighted by molar-refractivity contribution is 6.32. The van der Waals surface area contributed by atoms with E-state index in [-0.39, 0.29) is 0 Å². The van der Waals surface area contributed by atoms with Gasteiger partial charge in [0.2, 0.25) is 0 Å². The molecule has 0 bridgehead atoms. The lowest BCUT2D eigenvalue weighted by molar-refractivity contribution is 0.663. The number of hydrogen-bond donors (Lipinski definition) is 0. The van der Waals surface area contributed by atoms with Crippen LogP contribution in [0.1, 0.15) is 0 Å². The molecule has 0 spiro atoms. The van der Waals surface area contributed by atoms with E-state index in [2.05, 4.69) is 200 Å². The summed E-state index contributed by atoms with van der Waals surface area (Å²) in [6, 6.07) is 79.4. The third kappa shape index (κ3) is 5.08. The molecule has 296 valence electrons. The number of fused-ring (bicyclic) bond motifs is 13. The van der Waals surface area contributed by atoms with E-state index in [0.29, 0.717) is 0 Å². The molecule has 0 N–H and O–H groups in total. The Labute approximate surface area is 367 Å². The number of furan rings is 2. The van der Waals surface area contributed by atoms with Gasteiger partial charge < -0.3 is 8.83 Å². The molecule has 0 aliphatic rings. The SMILES string of the molecule is c1cc(-c2ccc3ccccc3c2)cc(-c2c3ccccc3c(-c3ccc(-c4cc5oc6ccc7oc8ccccc8c7c6c5c5ccccc45)c4ccccc34)c3ccccc23)c1. The van der Waals surface area contributed by atoms with Gasteiger partial charge in [0.15, 0.2) is 0 Å². The van der Waals surface area contributed by atoms with Crippen LogP contribution in [0, 0.1) is 0 Å². The molecular formula is C62H36O2. The Morgan fingerprint density at radius 1 is 0.219 bits per heavy atom. The smallest absolute Gasteiger partial charge is 0.136 e. The van der Waals surface area contributed by atoms with Crippen molar-refractivity contribution in [3.05, 3.63) is 218 Å². The maximum atomic E-state index is 6.81. The Hall–Kier alpha value is -8.46. The lowest BCUT2D eigenvalue weighted by atomic mass is 9.83. The molecule has 0 aliphatic heterocycles. The summed E-state index contributed by atoms with van der Waals surface area (Å²) in [5.74, 6) is 0. The van der Waals surface area contributed by atoms with E-state index in [9.17, 15) is 0 Å². The quantitative estimate of drug-likeness (QED) is 0.166. The first kappa shape index (κ1) is 35.2. The van der Waals surface area contributed by atoms with Gasteiger partial charge in [-0.2, -0.15) is 0 Å². The van der Waals surface area contributed by atoms with Crippen LogP contribution in [0.15, 0.2) is 227 Å². The second kappa shape index (κ2) is 13.5.